The molecule has 2 N–H and O–H groups in total. The van der Waals surface area contributed by atoms with Crippen LogP contribution in [0, 0.1) is 0 Å². The molecule has 0 aromatic rings. The molecule has 1 amide bonds. The predicted molar refractivity (Wildman–Crippen MR) is 101 cm³/mol. The van der Waals surface area contributed by atoms with Crippen molar-refractivity contribution < 1.29 is 23.4 Å². The van der Waals surface area contributed by atoms with Crippen LogP contribution in [0.3, 0.4) is 0 Å². The first-order valence-corrected chi connectivity index (χ1v) is 11.8. The van der Waals surface area contributed by atoms with Crippen molar-refractivity contribution in [1.82, 2.24) is 0 Å². The lowest BCUT2D eigenvalue weighted by atomic mass is 10.1. The van der Waals surface area contributed by atoms with Crippen molar-refractivity contribution in [3.05, 3.63) is 12.2 Å². The van der Waals surface area contributed by atoms with E-state index in [9.17, 15) is 4.79 Å². The predicted octanol–water partition coefficient (Wildman–Crippen LogP) is 3.96. The summed E-state index contributed by atoms with van der Waals surface area (Å²) in [5, 5.41) is 0.135. The molecule has 3 atom stereocenters. The lowest BCUT2D eigenvalue weighted by molar-refractivity contribution is -0.145. The monoisotopic (exact) mass is 373 g/mol. The Balaban J connectivity index is 2.78. The molecular weight excluding hydrogens is 338 g/mol. The van der Waals surface area contributed by atoms with Gasteiger partial charge in [0.25, 0.3) is 0 Å². The van der Waals surface area contributed by atoms with Crippen LogP contribution in [-0.2, 0) is 18.6 Å². The first kappa shape index (κ1) is 22.1. The van der Waals surface area contributed by atoms with Crippen LogP contribution >= 0.6 is 0 Å². The van der Waals surface area contributed by atoms with Crippen molar-refractivity contribution in [1.29, 1.82) is 0 Å². The molecule has 0 bridgehead atoms. The van der Waals surface area contributed by atoms with E-state index in [1.165, 1.54) is 0 Å². The summed E-state index contributed by atoms with van der Waals surface area (Å²) in [6.07, 6.45) is 2.72. The standard InChI is InChI=1S/C18H35NO5Si/c1-9-13(22-16(19)20)10-11-14-15(24-18(5,6)23-14)12-21-25(7,8)17(2,3)4/h10-11,13-15H,9,12H2,1-8H3,(H2,19,20)/b11-10+/t13-,14-,15-/m0/s1. The van der Waals surface area contributed by atoms with Gasteiger partial charge in [0.1, 0.15) is 18.3 Å². The van der Waals surface area contributed by atoms with Crippen molar-refractivity contribution >= 4 is 14.4 Å². The fourth-order valence-electron chi connectivity index (χ4n) is 2.30. The van der Waals surface area contributed by atoms with Gasteiger partial charge in [0, 0.05) is 0 Å². The summed E-state index contributed by atoms with van der Waals surface area (Å²) in [7, 11) is -1.87. The lowest BCUT2D eigenvalue weighted by Crippen LogP contribution is -2.43. The largest absolute Gasteiger partial charge is 0.442 e. The Hall–Kier alpha value is -0.893. The van der Waals surface area contributed by atoms with Crippen LogP contribution in [0.4, 0.5) is 4.79 Å². The molecule has 146 valence electrons. The Labute approximate surface area is 153 Å². The van der Waals surface area contributed by atoms with E-state index < -0.39 is 20.2 Å². The molecule has 6 nitrogen and oxygen atoms in total. The molecule has 25 heavy (non-hydrogen) atoms. The molecule has 0 radical (unpaired) electrons. The molecule has 1 aliphatic rings. The van der Waals surface area contributed by atoms with Gasteiger partial charge in [-0.2, -0.15) is 0 Å². The van der Waals surface area contributed by atoms with E-state index >= 15 is 0 Å². The van der Waals surface area contributed by atoms with Crippen molar-refractivity contribution in [3.8, 4) is 0 Å². The van der Waals surface area contributed by atoms with Gasteiger partial charge in [-0.25, -0.2) is 4.79 Å². The van der Waals surface area contributed by atoms with Gasteiger partial charge in [-0.3, -0.25) is 0 Å². The van der Waals surface area contributed by atoms with Gasteiger partial charge >= 0.3 is 6.09 Å². The maximum absolute atomic E-state index is 10.9. The Morgan fingerprint density at radius 1 is 1.32 bits per heavy atom. The molecule has 0 aromatic heterocycles. The van der Waals surface area contributed by atoms with Gasteiger partial charge in [-0.05, 0) is 44.5 Å². The van der Waals surface area contributed by atoms with Gasteiger partial charge < -0.3 is 24.4 Å². The number of carbonyl (C=O) groups is 1. The zero-order valence-corrected chi connectivity index (χ0v) is 17.9. The average molecular weight is 374 g/mol. The van der Waals surface area contributed by atoms with E-state index in [0.717, 1.165) is 0 Å². The third-order valence-electron chi connectivity index (χ3n) is 4.82. The Kier molecular flexibility index (Phi) is 7.27. The number of amides is 1. The third-order valence-corrected chi connectivity index (χ3v) is 9.32. The summed E-state index contributed by atoms with van der Waals surface area (Å²) in [6, 6.07) is 0. The van der Waals surface area contributed by atoms with Gasteiger partial charge in [0.15, 0.2) is 14.1 Å². The minimum Gasteiger partial charge on any atom is -0.442 e. The van der Waals surface area contributed by atoms with Gasteiger partial charge in [-0.1, -0.05) is 33.8 Å². The molecule has 1 heterocycles. The molecule has 0 saturated carbocycles. The van der Waals surface area contributed by atoms with Crippen LogP contribution in [0.5, 0.6) is 0 Å². The number of rotatable bonds is 7. The third kappa shape index (κ3) is 6.73. The van der Waals surface area contributed by atoms with Crippen molar-refractivity contribution in [2.75, 3.05) is 6.61 Å². The van der Waals surface area contributed by atoms with Gasteiger partial charge in [0.05, 0.1) is 6.61 Å². The summed E-state index contributed by atoms with van der Waals surface area (Å²) in [4.78, 5) is 10.9. The Morgan fingerprint density at radius 3 is 2.40 bits per heavy atom. The molecule has 7 heteroatoms. The van der Waals surface area contributed by atoms with Crippen LogP contribution in [0.1, 0.15) is 48.0 Å². The second-order valence-electron chi connectivity index (χ2n) is 8.48. The normalized spacial score (nSPS) is 25.3. The highest BCUT2D eigenvalue weighted by atomic mass is 28.4. The molecular formula is C18H35NO5Si. The minimum absolute atomic E-state index is 0.135. The van der Waals surface area contributed by atoms with E-state index in [1.807, 2.05) is 26.8 Å². The van der Waals surface area contributed by atoms with Crippen LogP contribution in [0.15, 0.2) is 12.2 Å². The summed E-state index contributed by atoms with van der Waals surface area (Å²) in [6.45, 7) is 17.2. The molecule has 0 aliphatic carbocycles. The highest BCUT2D eigenvalue weighted by Crippen LogP contribution is 2.38. The average Bonchev–Trinajstić information content (AvgIpc) is 2.74. The first-order chi connectivity index (χ1) is 11.3. The minimum atomic E-state index is -1.87. The highest BCUT2D eigenvalue weighted by molar-refractivity contribution is 6.74. The summed E-state index contributed by atoms with van der Waals surface area (Å²) in [5.41, 5.74) is 5.09. The fraction of sp³-hybridized carbons (Fsp3) is 0.833. The Bertz CT molecular complexity index is 484. The van der Waals surface area contributed by atoms with Crippen molar-refractivity contribution in [3.63, 3.8) is 0 Å². The van der Waals surface area contributed by atoms with Crippen molar-refractivity contribution in [2.45, 2.75) is 90.2 Å². The SMILES string of the molecule is CC[C@@H](/C=C/[C@@H]1OC(C)(C)O[C@H]1CO[Si](C)(C)C(C)(C)C)OC(N)=O. The van der Waals surface area contributed by atoms with Gasteiger partial charge in [-0.15, -0.1) is 0 Å². The number of carbonyl (C=O) groups excluding carboxylic acids is 1. The summed E-state index contributed by atoms with van der Waals surface area (Å²) in [5.74, 6) is -0.678. The molecule has 0 aromatic carbocycles. The zero-order chi connectivity index (χ0) is 19.5. The molecule has 1 saturated heterocycles. The Morgan fingerprint density at radius 2 is 1.92 bits per heavy atom. The van der Waals surface area contributed by atoms with E-state index in [4.69, 9.17) is 24.4 Å². The lowest BCUT2D eigenvalue weighted by Gasteiger charge is -2.37. The summed E-state index contributed by atoms with van der Waals surface area (Å²) < 4.78 is 23.3. The molecule has 0 spiro atoms. The van der Waals surface area contributed by atoms with E-state index in [0.29, 0.717) is 13.0 Å². The number of ether oxygens (including phenoxy) is 3. The molecule has 1 aliphatic heterocycles. The maximum atomic E-state index is 10.9. The van der Waals surface area contributed by atoms with Crippen LogP contribution < -0.4 is 5.73 Å². The quantitative estimate of drug-likeness (QED) is 0.540. The van der Waals surface area contributed by atoms with Crippen LogP contribution in [-0.4, -0.2) is 45.1 Å². The topological polar surface area (TPSA) is 80.0 Å². The maximum Gasteiger partial charge on any atom is 0.405 e. The second kappa shape index (κ2) is 8.20. The summed E-state index contributed by atoms with van der Waals surface area (Å²) >= 11 is 0. The van der Waals surface area contributed by atoms with Crippen molar-refractivity contribution in [2.24, 2.45) is 5.73 Å². The highest BCUT2D eigenvalue weighted by Gasteiger charge is 2.43. The molecule has 0 unspecified atom stereocenters. The molecule has 1 rings (SSSR count). The fourth-order valence-corrected chi connectivity index (χ4v) is 3.32. The zero-order valence-electron chi connectivity index (χ0n) is 16.9. The number of primary amides is 1. The first-order valence-electron chi connectivity index (χ1n) is 8.91. The number of hydrogen-bond donors (Lipinski definition) is 1. The molecule has 1 fully saturated rings. The smallest absolute Gasteiger partial charge is 0.405 e. The van der Waals surface area contributed by atoms with Crippen LogP contribution in [0.25, 0.3) is 0 Å². The van der Waals surface area contributed by atoms with E-state index in [-0.39, 0.29) is 23.4 Å². The van der Waals surface area contributed by atoms with Crippen LogP contribution in [0.2, 0.25) is 18.1 Å². The number of hydrogen-bond acceptors (Lipinski definition) is 5. The second-order valence-corrected chi connectivity index (χ2v) is 13.3. The number of nitrogens with two attached hydrogens (primary N) is 1. The van der Waals surface area contributed by atoms with E-state index in [1.54, 1.807) is 6.08 Å². The van der Waals surface area contributed by atoms with Gasteiger partial charge in [0.2, 0.25) is 0 Å². The van der Waals surface area contributed by atoms with E-state index in [2.05, 4.69) is 33.9 Å².